The summed E-state index contributed by atoms with van der Waals surface area (Å²) in [6.45, 7) is 15.8. The van der Waals surface area contributed by atoms with Crippen LogP contribution in [0.15, 0.2) is 18.2 Å². The van der Waals surface area contributed by atoms with Gasteiger partial charge in [-0.1, -0.05) is 6.92 Å². The van der Waals surface area contributed by atoms with E-state index in [1.165, 1.54) is 50.3 Å². The molecule has 1 aromatic heterocycles. The summed E-state index contributed by atoms with van der Waals surface area (Å²) < 4.78 is 0. The van der Waals surface area contributed by atoms with Crippen molar-refractivity contribution in [3.63, 3.8) is 0 Å². The Hall–Kier alpha value is -2.95. The molecule has 5 rings (SSSR count). The maximum Gasteiger partial charge on any atom is 0.271 e. The van der Waals surface area contributed by atoms with E-state index < -0.39 is 5.91 Å². The van der Waals surface area contributed by atoms with E-state index in [1.54, 1.807) is 0 Å². The first-order chi connectivity index (χ1) is 18.8. The van der Waals surface area contributed by atoms with Crippen molar-refractivity contribution in [2.24, 2.45) is 5.73 Å². The molecule has 3 saturated heterocycles. The Morgan fingerprint density at radius 2 is 1.82 bits per heavy atom. The molecule has 10 heteroatoms. The Bertz CT molecular complexity index is 1160. The van der Waals surface area contributed by atoms with Crippen LogP contribution in [0.25, 0.3) is 0 Å². The molecule has 0 spiro atoms. The zero-order valence-corrected chi connectivity index (χ0v) is 24.0. The van der Waals surface area contributed by atoms with E-state index in [2.05, 4.69) is 74.3 Å². The predicted octanol–water partition coefficient (Wildman–Crippen LogP) is 2.20. The highest BCUT2D eigenvalue weighted by Gasteiger charge is 2.28. The fraction of sp³-hybridized carbons (Fsp3) is 0.621. The fourth-order valence-corrected chi connectivity index (χ4v) is 6.22. The third-order valence-corrected chi connectivity index (χ3v) is 8.50. The molecule has 0 unspecified atom stereocenters. The van der Waals surface area contributed by atoms with E-state index in [0.29, 0.717) is 24.3 Å². The number of aryl methyl sites for hydroxylation is 2. The van der Waals surface area contributed by atoms with Crippen molar-refractivity contribution in [2.75, 3.05) is 81.1 Å². The van der Waals surface area contributed by atoms with Crippen LogP contribution in [0.1, 0.15) is 48.4 Å². The second-order valence-electron chi connectivity index (χ2n) is 11.4. The highest BCUT2D eigenvalue weighted by Crippen LogP contribution is 2.31. The third-order valence-electron chi connectivity index (χ3n) is 8.50. The molecule has 10 nitrogen and oxygen atoms in total. The molecule has 39 heavy (non-hydrogen) atoms. The maximum absolute atomic E-state index is 12.3. The molecular formula is C29H45N9O. The molecule has 3 aliphatic heterocycles. The first-order valence-corrected chi connectivity index (χ1v) is 14.6. The number of carbonyl (C=O) groups is 1. The number of piperazine rings is 2. The number of nitrogens with zero attached hydrogens (tertiary/aromatic N) is 6. The largest absolute Gasteiger partial charge is 0.371 e. The molecule has 1 atom stereocenters. The Kier molecular flexibility index (Phi) is 8.54. The van der Waals surface area contributed by atoms with Gasteiger partial charge in [-0.3, -0.25) is 9.69 Å². The summed E-state index contributed by atoms with van der Waals surface area (Å²) in [5, 5.41) is 6.85. The highest BCUT2D eigenvalue weighted by molar-refractivity contribution is 5.96. The summed E-state index contributed by atoms with van der Waals surface area (Å²) in [7, 11) is 2.22. The first kappa shape index (κ1) is 27.6. The number of aromatic nitrogens is 2. The zero-order chi connectivity index (χ0) is 27.5. The summed E-state index contributed by atoms with van der Waals surface area (Å²) in [5.41, 5.74) is 10.1. The topological polar surface area (TPSA) is 106 Å². The molecule has 1 amide bonds. The molecule has 212 valence electrons. The number of primary amides is 1. The van der Waals surface area contributed by atoms with Crippen molar-refractivity contribution < 1.29 is 4.79 Å². The second-order valence-corrected chi connectivity index (χ2v) is 11.4. The molecule has 2 aromatic rings. The maximum atomic E-state index is 12.3. The van der Waals surface area contributed by atoms with Crippen molar-refractivity contribution in [2.45, 2.75) is 52.1 Å². The van der Waals surface area contributed by atoms with E-state index >= 15 is 0 Å². The van der Waals surface area contributed by atoms with Crippen LogP contribution in [0.2, 0.25) is 0 Å². The molecule has 4 heterocycles. The Balaban J connectivity index is 1.30. The fourth-order valence-electron chi connectivity index (χ4n) is 6.22. The number of nitrogens with one attached hydrogen (secondary N) is 2. The van der Waals surface area contributed by atoms with Crippen molar-refractivity contribution >= 4 is 28.9 Å². The summed E-state index contributed by atoms with van der Waals surface area (Å²) >= 11 is 0. The monoisotopic (exact) mass is 535 g/mol. The van der Waals surface area contributed by atoms with Gasteiger partial charge < -0.3 is 31.1 Å². The molecule has 3 aliphatic rings. The Labute approximate surface area is 232 Å². The minimum atomic E-state index is -0.573. The smallest absolute Gasteiger partial charge is 0.271 e. The van der Waals surface area contributed by atoms with E-state index in [9.17, 15) is 4.79 Å². The Morgan fingerprint density at radius 1 is 1.08 bits per heavy atom. The van der Waals surface area contributed by atoms with Crippen LogP contribution in [0.3, 0.4) is 0 Å². The summed E-state index contributed by atoms with van der Waals surface area (Å²) in [4.78, 5) is 31.8. The number of hydrogen-bond acceptors (Lipinski definition) is 9. The molecule has 0 bridgehead atoms. The molecule has 0 saturated carbocycles. The number of piperidine rings is 1. The number of amides is 1. The number of carbonyl (C=O) groups excluding carboxylic acids is 1. The lowest BCUT2D eigenvalue weighted by Gasteiger charge is -2.43. The summed E-state index contributed by atoms with van der Waals surface area (Å²) in [5.74, 6) is 0.674. The minimum Gasteiger partial charge on any atom is -0.371 e. The van der Waals surface area contributed by atoms with Crippen molar-refractivity contribution in [1.82, 2.24) is 25.1 Å². The molecule has 3 fully saturated rings. The molecule has 0 radical (unpaired) electrons. The van der Waals surface area contributed by atoms with Gasteiger partial charge in [-0.2, -0.15) is 0 Å². The van der Waals surface area contributed by atoms with Crippen LogP contribution >= 0.6 is 0 Å². The predicted molar refractivity (Wildman–Crippen MR) is 158 cm³/mol. The number of anilines is 4. The van der Waals surface area contributed by atoms with Crippen LogP contribution < -0.4 is 26.2 Å². The van der Waals surface area contributed by atoms with Crippen LogP contribution in [0, 0.1) is 6.92 Å². The lowest BCUT2D eigenvalue weighted by Crippen LogP contribution is -2.52. The number of nitrogens with two attached hydrogens (primary N) is 1. The van der Waals surface area contributed by atoms with Gasteiger partial charge in [-0.15, -0.1) is 0 Å². The SMILES string of the molecule is CCc1nc(C(N)=O)c(Nc2ccc(N3CCC(N4CCN(C)CC4)CC3)c(C)c2)nc1N1CCN[C@H](C)C1. The van der Waals surface area contributed by atoms with Gasteiger partial charge in [-0.05, 0) is 63.9 Å². The highest BCUT2D eigenvalue weighted by atomic mass is 16.1. The number of hydrogen-bond donors (Lipinski definition) is 3. The van der Waals surface area contributed by atoms with E-state index in [0.717, 1.165) is 49.9 Å². The number of likely N-dealkylation sites (N-methyl/N-ethyl adjacent to an activating group) is 1. The lowest BCUT2D eigenvalue weighted by molar-refractivity contribution is 0.0982. The normalized spacial score (nSPS) is 21.8. The van der Waals surface area contributed by atoms with Crippen LogP contribution in [0.5, 0.6) is 0 Å². The average Bonchev–Trinajstić information content (AvgIpc) is 2.93. The van der Waals surface area contributed by atoms with Crippen molar-refractivity contribution in [1.29, 1.82) is 0 Å². The number of rotatable bonds is 7. The van der Waals surface area contributed by atoms with Crippen LogP contribution in [0.4, 0.5) is 23.0 Å². The zero-order valence-electron chi connectivity index (χ0n) is 24.0. The molecule has 1 aromatic carbocycles. The quantitative estimate of drug-likeness (QED) is 0.492. The van der Waals surface area contributed by atoms with E-state index in [4.69, 9.17) is 10.7 Å². The number of benzene rings is 1. The molecular weight excluding hydrogens is 490 g/mol. The van der Waals surface area contributed by atoms with Crippen molar-refractivity contribution in [3.05, 3.63) is 35.2 Å². The van der Waals surface area contributed by atoms with E-state index in [-0.39, 0.29) is 5.69 Å². The van der Waals surface area contributed by atoms with Gasteiger partial charge >= 0.3 is 0 Å². The first-order valence-electron chi connectivity index (χ1n) is 14.6. The van der Waals surface area contributed by atoms with Crippen LogP contribution in [-0.4, -0.2) is 104 Å². The average molecular weight is 536 g/mol. The van der Waals surface area contributed by atoms with Crippen LogP contribution in [-0.2, 0) is 6.42 Å². The second kappa shape index (κ2) is 12.1. The van der Waals surface area contributed by atoms with E-state index in [1.807, 2.05) is 6.92 Å². The van der Waals surface area contributed by atoms with Gasteiger partial charge in [0.25, 0.3) is 5.91 Å². The summed E-state index contributed by atoms with van der Waals surface area (Å²) in [6, 6.07) is 7.45. The standard InChI is InChI=1S/C29H45N9O/c1-5-24-29(38-13-10-31-21(3)19-38)34-28(26(33-24)27(30)39)32-22-6-7-25(20(2)18-22)37-11-8-23(9-12-37)36-16-14-35(4)15-17-36/h6-7,18,21,23,31H,5,8-17,19H2,1-4H3,(H2,30,39)(H,32,34)/t21-/m1/s1. The lowest BCUT2D eigenvalue weighted by atomic mass is 10.0. The van der Waals surface area contributed by atoms with Crippen molar-refractivity contribution in [3.8, 4) is 0 Å². The van der Waals surface area contributed by atoms with Gasteiger partial charge in [0.15, 0.2) is 17.3 Å². The van der Waals surface area contributed by atoms with Gasteiger partial charge in [0.2, 0.25) is 0 Å². The molecule has 4 N–H and O–H groups in total. The summed E-state index contributed by atoms with van der Waals surface area (Å²) in [6.07, 6.45) is 3.09. The van der Waals surface area contributed by atoms with Gasteiger partial charge in [-0.25, -0.2) is 9.97 Å². The third kappa shape index (κ3) is 6.28. The minimum absolute atomic E-state index is 0.187. The van der Waals surface area contributed by atoms with Gasteiger partial charge in [0.05, 0.1) is 5.69 Å². The van der Waals surface area contributed by atoms with Gasteiger partial charge in [0.1, 0.15) is 0 Å². The molecule has 0 aliphatic carbocycles. The van der Waals surface area contributed by atoms with Gasteiger partial charge in [0, 0.05) is 82.4 Å². The Morgan fingerprint density at radius 3 is 2.46 bits per heavy atom.